The summed E-state index contributed by atoms with van der Waals surface area (Å²) in [6.45, 7) is 1.86. The summed E-state index contributed by atoms with van der Waals surface area (Å²) in [5.41, 5.74) is 1.09. The molecule has 1 aliphatic heterocycles. The van der Waals surface area contributed by atoms with E-state index in [4.69, 9.17) is 4.74 Å². The molecular formula is C10H15N3O. The van der Waals surface area contributed by atoms with Crippen molar-refractivity contribution in [1.82, 2.24) is 10.3 Å². The van der Waals surface area contributed by atoms with Gasteiger partial charge in [0.25, 0.3) is 0 Å². The molecule has 76 valence electrons. The minimum atomic E-state index is 0.253. The van der Waals surface area contributed by atoms with E-state index in [0.717, 1.165) is 18.8 Å². The Morgan fingerprint density at radius 2 is 2.21 bits per heavy atom. The quantitative estimate of drug-likeness (QED) is 0.733. The van der Waals surface area contributed by atoms with Crippen LogP contribution in [0.2, 0.25) is 0 Å². The molecule has 0 amide bonds. The van der Waals surface area contributed by atoms with Gasteiger partial charge in [0, 0.05) is 38.3 Å². The van der Waals surface area contributed by atoms with E-state index in [1.54, 1.807) is 19.5 Å². The molecule has 1 aliphatic rings. The van der Waals surface area contributed by atoms with Crippen LogP contribution >= 0.6 is 0 Å². The highest BCUT2D eigenvalue weighted by molar-refractivity contribution is 5.42. The van der Waals surface area contributed by atoms with Crippen LogP contribution in [0.5, 0.6) is 0 Å². The average molecular weight is 193 g/mol. The van der Waals surface area contributed by atoms with Gasteiger partial charge in [0.2, 0.25) is 0 Å². The SMILES string of the molecule is CO[C@H]1CNCC1Nc1ccncc1. The molecule has 0 aromatic carbocycles. The van der Waals surface area contributed by atoms with Gasteiger partial charge in [-0.15, -0.1) is 0 Å². The second-order valence-corrected chi connectivity index (χ2v) is 3.42. The molecule has 2 atom stereocenters. The van der Waals surface area contributed by atoms with Crippen LogP contribution in [0, 0.1) is 0 Å². The monoisotopic (exact) mass is 193 g/mol. The first kappa shape index (κ1) is 9.43. The first-order chi connectivity index (χ1) is 6.90. The third-order valence-electron chi connectivity index (χ3n) is 2.49. The fourth-order valence-electron chi connectivity index (χ4n) is 1.71. The van der Waals surface area contributed by atoms with Crippen molar-refractivity contribution >= 4 is 5.69 Å². The molecule has 1 unspecified atom stereocenters. The highest BCUT2D eigenvalue weighted by atomic mass is 16.5. The Bertz CT molecular complexity index is 278. The number of rotatable bonds is 3. The van der Waals surface area contributed by atoms with E-state index in [1.807, 2.05) is 12.1 Å². The van der Waals surface area contributed by atoms with Gasteiger partial charge in [-0.2, -0.15) is 0 Å². The molecule has 1 aromatic heterocycles. The lowest BCUT2D eigenvalue weighted by Gasteiger charge is -2.19. The summed E-state index contributed by atoms with van der Waals surface area (Å²) in [7, 11) is 1.75. The summed E-state index contributed by atoms with van der Waals surface area (Å²) in [6.07, 6.45) is 3.82. The molecule has 1 fully saturated rings. The van der Waals surface area contributed by atoms with E-state index < -0.39 is 0 Å². The fourth-order valence-corrected chi connectivity index (χ4v) is 1.71. The van der Waals surface area contributed by atoms with Gasteiger partial charge in [0.15, 0.2) is 0 Å². The van der Waals surface area contributed by atoms with Crippen molar-refractivity contribution in [3.05, 3.63) is 24.5 Å². The van der Waals surface area contributed by atoms with Crippen molar-refractivity contribution in [2.45, 2.75) is 12.1 Å². The Hall–Kier alpha value is -1.13. The Morgan fingerprint density at radius 3 is 2.93 bits per heavy atom. The van der Waals surface area contributed by atoms with Crippen LogP contribution in [-0.4, -0.2) is 37.3 Å². The number of aromatic nitrogens is 1. The van der Waals surface area contributed by atoms with Gasteiger partial charge in [-0.3, -0.25) is 4.98 Å². The molecule has 0 bridgehead atoms. The number of pyridine rings is 1. The average Bonchev–Trinajstić information content (AvgIpc) is 2.67. The predicted octanol–water partition coefficient (Wildman–Crippen LogP) is 0.480. The summed E-state index contributed by atoms with van der Waals surface area (Å²) in [6, 6.07) is 4.28. The van der Waals surface area contributed by atoms with Crippen LogP contribution < -0.4 is 10.6 Å². The molecule has 2 heterocycles. The molecule has 2 rings (SSSR count). The van der Waals surface area contributed by atoms with Crippen LogP contribution in [-0.2, 0) is 4.74 Å². The Morgan fingerprint density at radius 1 is 1.43 bits per heavy atom. The third-order valence-corrected chi connectivity index (χ3v) is 2.49. The normalized spacial score (nSPS) is 26.4. The van der Waals surface area contributed by atoms with E-state index in [1.165, 1.54) is 0 Å². The van der Waals surface area contributed by atoms with Crippen LogP contribution in [0.3, 0.4) is 0 Å². The Kier molecular flexibility index (Phi) is 2.96. The van der Waals surface area contributed by atoms with Crippen molar-refractivity contribution in [3.8, 4) is 0 Å². The molecule has 0 radical (unpaired) electrons. The second kappa shape index (κ2) is 4.39. The third kappa shape index (κ3) is 2.02. The molecular weight excluding hydrogens is 178 g/mol. The van der Waals surface area contributed by atoms with E-state index in [9.17, 15) is 0 Å². The topological polar surface area (TPSA) is 46.2 Å². The van der Waals surface area contributed by atoms with Gasteiger partial charge in [0.1, 0.15) is 0 Å². The minimum absolute atomic E-state index is 0.253. The highest BCUT2D eigenvalue weighted by Crippen LogP contribution is 2.11. The van der Waals surface area contributed by atoms with Crippen LogP contribution in [0.15, 0.2) is 24.5 Å². The summed E-state index contributed by atoms with van der Waals surface area (Å²) >= 11 is 0. The summed E-state index contributed by atoms with van der Waals surface area (Å²) in [4.78, 5) is 3.97. The van der Waals surface area contributed by atoms with E-state index in [-0.39, 0.29) is 6.10 Å². The minimum Gasteiger partial charge on any atom is -0.378 e. The molecule has 0 aliphatic carbocycles. The van der Waals surface area contributed by atoms with Gasteiger partial charge in [-0.1, -0.05) is 0 Å². The number of hydrogen-bond donors (Lipinski definition) is 2. The Labute approximate surface area is 83.7 Å². The van der Waals surface area contributed by atoms with Gasteiger partial charge in [-0.05, 0) is 12.1 Å². The molecule has 4 heteroatoms. The summed E-state index contributed by atoms with van der Waals surface area (Å²) in [5, 5.41) is 6.70. The zero-order valence-electron chi connectivity index (χ0n) is 8.23. The first-order valence-electron chi connectivity index (χ1n) is 4.80. The molecule has 2 N–H and O–H groups in total. The van der Waals surface area contributed by atoms with Crippen LogP contribution in [0.25, 0.3) is 0 Å². The van der Waals surface area contributed by atoms with Gasteiger partial charge in [0.05, 0.1) is 12.1 Å². The molecule has 14 heavy (non-hydrogen) atoms. The van der Waals surface area contributed by atoms with E-state index in [0.29, 0.717) is 6.04 Å². The summed E-state index contributed by atoms with van der Waals surface area (Å²) in [5.74, 6) is 0. The van der Waals surface area contributed by atoms with E-state index in [2.05, 4.69) is 15.6 Å². The standard InChI is InChI=1S/C10H15N3O/c1-14-10-7-12-6-9(10)13-8-2-4-11-5-3-8/h2-5,9-10,12H,6-7H2,1H3,(H,11,13)/t9?,10-/m0/s1. The number of nitrogens with one attached hydrogen (secondary N) is 2. The van der Waals surface area contributed by atoms with Gasteiger partial charge >= 0.3 is 0 Å². The number of ether oxygens (including phenoxy) is 1. The molecule has 0 spiro atoms. The Balaban J connectivity index is 1.97. The zero-order chi connectivity index (χ0) is 9.80. The van der Waals surface area contributed by atoms with Crippen molar-refractivity contribution in [3.63, 3.8) is 0 Å². The zero-order valence-corrected chi connectivity index (χ0v) is 8.23. The lowest BCUT2D eigenvalue weighted by atomic mass is 10.2. The lowest BCUT2D eigenvalue weighted by Crippen LogP contribution is -2.33. The largest absolute Gasteiger partial charge is 0.378 e. The van der Waals surface area contributed by atoms with Gasteiger partial charge < -0.3 is 15.4 Å². The smallest absolute Gasteiger partial charge is 0.0908 e. The van der Waals surface area contributed by atoms with Crippen molar-refractivity contribution in [2.24, 2.45) is 0 Å². The highest BCUT2D eigenvalue weighted by Gasteiger charge is 2.26. The van der Waals surface area contributed by atoms with Crippen LogP contribution in [0.4, 0.5) is 5.69 Å². The second-order valence-electron chi connectivity index (χ2n) is 3.42. The molecule has 1 saturated heterocycles. The maximum atomic E-state index is 5.36. The van der Waals surface area contributed by atoms with E-state index >= 15 is 0 Å². The van der Waals surface area contributed by atoms with Crippen molar-refractivity contribution in [2.75, 3.05) is 25.5 Å². The number of hydrogen-bond acceptors (Lipinski definition) is 4. The molecule has 0 saturated carbocycles. The van der Waals surface area contributed by atoms with Gasteiger partial charge in [-0.25, -0.2) is 0 Å². The fraction of sp³-hybridized carbons (Fsp3) is 0.500. The number of nitrogens with zero attached hydrogens (tertiary/aromatic N) is 1. The molecule has 4 nitrogen and oxygen atoms in total. The first-order valence-corrected chi connectivity index (χ1v) is 4.80. The summed E-state index contributed by atoms with van der Waals surface area (Å²) < 4.78 is 5.36. The van der Waals surface area contributed by atoms with Crippen molar-refractivity contribution in [1.29, 1.82) is 0 Å². The predicted molar refractivity (Wildman–Crippen MR) is 55.3 cm³/mol. The van der Waals surface area contributed by atoms with Crippen LogP contribution in [0.1, 0.15) is 0 Å². The van der Waals surface area contributed by atoms with Crippen molar-refractivity contribution < 1.29 is 4.74 Å². The maximum Gasteiger partial charge on any atom is 0.0908 e. The lowest BCUT2D eigenvalue weighted by molar-refractivity contribution is 0.111. The molecule has 1 aromatic rings. The maximum absolute atomic E-state index is 5.36. The number of anilines is 1. The number of methoxy groups -OCH3 is 1.